The summed E-state index contributed by atoms with van der Waals surface area (Å²) in [4.78, 5) is 2.52. The summed E-state index contributed by atoms with van der Waals surface area (Å²) in [5.74, 6) is 0. The molecule has 62 heavy (non-hydrogen) atoms. The van der Waals surface area contributed by atoms with Gasteiger partial charge < -0.3 is 4.90 Å². The maximum atomic E-state index is 4.10. The zero-order chi connectivity index (χ0) is 42.0. The van der Waals surface area contributed by atoms with Crippen LogP contribution in [0.1, 0.15) is 77.8 Å². The van der Waals surface area contributed by atoms with Gasteiger partial charge in [0.05, 0.1) is 11.1 Å². The van der Waals surface area contributed by atoms with Crippen molar-refractivity contribution in [1.82, 2.24) is 0 Å². The molecule has 296 valence electrons. The Hall–Kier alpha value is -7.22. The van der Waals surface area contributed by atoms with Crippen LogP contribution >= 0.6 is 0 Å². The van der Waals surface area contributed by atoms with Gasteiger partial charge in [-0.3, -0.25) is 0 Å². The average Bonchev–Trinajstić information content (AvgIpc) is 3.94. The fourth-order valence-electron chi connectivity index (χ4n) is 12.0. The van der Waals surface area contributed by atoms with E-state index in [0.29, 0.717) is 0 Å². The zero-order valence-electron chi connectivity index (χ0n) is 35.7. The molecule has 0 saturated carbocycles. The van der Waals surface area contributed by atoms with Crippen LogP contribution in [0.15, 0.2) is 207 Å². The van der Waals surface area contributed by atoms with Crippen LogP contribution < -0.4 is 4.90 Å². The number of allylic oxidation sites excluding steroid dienone is 5. The summed E-state index contributed by atoms with van der Waals surface area (Å²) in [5, 5.41) is 0. The van der Waals surface area contributed by atoms with E-state index in [1.807, 2.05) is 6.08 Å². The molecule has 1 spiro atoms. The Morgan fingerprint density at radius 1 is 0.419 bits per heavy atom. The number of anilines is 3. The highest BCUT2D eigenvalue weighted by molar-refractivity contribution is 6.12. The Morgan fingerprint density at radius 3 is 1.52 bits per heavy atom. The Balaban J connectivity index is 1.10. The molecular formula is C61H47N. The van der Waals surface area contributed by atoms with E-state index in [2.05, 4.69) is 233 Å². The summed E-state index contributed by atoms with van der Waals surface area (Å²) >= 11 is 0. The van der Waals surface area contributed by atoms with Gasteiger partial charge in [-0.05, 0) is 119 Å². The van der Waals surface area contributed by atoms with Gasteiger partial charge in [-0.2, -0.15) is 0 Å². The maximum Gasteiger partial charge on any atom is 0.0731 e. The molecule has 8 aromatic rings. The zero-order valence-corrected chi connectivity index (χ0v) is 35.7. The van der Waals surface area contributed by atoms with Gasteiger partial charge in [0, 0.05) is 27.8 Å². The van der Waals surface area contributed by atoms with Gasteiger partial charge in [0.25, 0.3) is 0 Å². The van der Waals surface area contributed by atoms with Crippen LogP contribution in [-0.2, 0) is 16.2 Å². The van der Waals surface area contributed by atoms with Crippen LogP contribution in [0.5, 0.6) is 0 Å². The maximum absolute atomic E-state index is 4.10. The number of rotatable bonds is 6. The fourth-order valence-corrected chi connectivity index (χ4v) is 12.0. The van der Waals surface area contributed by atoms with Gasteiger partial charge in [0.1, 0.15) is 0 Å². The molecule has 0 N–H and O–H groups in total. The Labute approximate surface area is 365 Å². The standard InChI is InChI=1S/C61H47N/c1-6-7-19-47-45-23-11-17-29-53(45)61(51-27-15-9-21-43(51)44-22-10-16-28-52(44)61)58(47)39-32-34-40(35-33-39)62(41-36-37-46-42-20-8-13-25-49(42)60(4,5)55(46)38-41)56-31-18-30-54-57(56)48-24-12-14-26-50(48)59(54,2)3/h6-38H,1H2,2-5H3/b19-7-. The quantitative estimate of drug-likeness (QED) is 0.152. The normalized spacial score (nSPS) is 16.1. The lowest BCUT2D eigenvalue weighted by Crippen LogP contribution is -2.26. The third-order valence-corrected chi connectivity index (χ3v) is 14.7. The Kier molecular flexibility index (Phi) is 7.76. The largest absolute Gasteiger partial charge is 0.310 e. The molecule has 1 heteroatoms. The molecule has 0 amide bonds. The lowest BCUT2D eigenvalue weighted by molar-refractivity contribution is 0.660. The van der Waals surface area contributed by atoms with E-state index in [9.17, 15) is 0 Å². The molecule has 0 atom stereocenters. The van der Waals surface area contributed by atoms with E-state index in [1.165, 1.54) is 100 Å². The summed E-state index contributed by atoms with van der Waals surface area (Å²) in [7, 11) is 0. The number of hydrogen-bond donors (Lipinski definition) is 0. The van der Waals surface area contributed by atoms with Crippen LogP contribution in [0, 0.1) is 0 Å². The van der Waals surface area contributed by atoms with Crippen molar-refractivity contribution in [2.45, 2.75) is 43.9 Å². The van der Waals surface area contributed by atoms with Crippen molar-refractivity contribution in [1.29, 1.82) is 0 Å². The monoisotopic (exact) mass is 793 g/mol. The van der Waals surface area contributed by atoms with E-state index < -0.39 is 5.41 Å². The molecule has 4 aliphatic rings. The minimum absolute atomic E-state index is 0.124. The molecule has 0 saturated heterocycles. The van der Waals surface area contributed by atoms with Crippen molar-refractivity contribution in [3.8, 4) is 33.4 Å². The predicted molar refractivity (Wildman–Crippen MR) is 261 cm³/mol. The number of benzene rings is 8. The van der Waals surface area contributed by atoms with Gasteiger partial charge in [-0.15, -0.1) is 0 Å². The molecule has 0 unspecified atom stereocenters. The third-order valence-electron chi connectivity index (χ3n) is 14.7. The van der Waals surface area contributed by atoms with Crippen molar-refractivity contribution in [3.05, 3.63) is 257 Å². The first-order valence-electron chi connectivity index (χ1n) is 22.0. The highest BCUT2D eigenvalue weighted by Crippen LogP contribution is 2.65. The second-order valence-electron chi connectivity index (χ2n) is 18.4. The Bertz CT molecular complexity index is 3210. The summed E-state index contributed by atoms with van der Waals surface area (Å²) in [6.07, 6.45) is 6.26. The van der Waals surface area contributed by atoms with Crippen molar-refractivity contribution < 1.29 is 0 Å². The molecule has 0 fully saturated rings. The smallest absolute Gasteiger partial charge is 0.0731 e. The molecule has 1 nitrogen and oxygen atoms in total. The molecule has 4 aliphatic carbocycles. The van der Waals surface area contributed by atoms with Crippen LogP contribution in [0.4, 0.5) is 17.1 Å². The fraction of sp³-hybridized carbons (Fsp3) is 0.115. The summed E-state index contributed by atoms with van der Waals surface area (Å²) in [6.45, 7) is 13.6. The molecule has 0 heterocycles. The first kappa shape index (κ1) is 36.6. The highest BCUT2D eigenvalue weighted by Gasteiger charge is 2.53. The molecule has 8 aromatic carbocycles. The van der Waals surface area contributed by atoms with Crippen LogP contribution in [0.3, 0.4) is 0 Å². The van der Waals surface area contributed by atoms with E-state index in [1.54, 1.807) is 0 Å². The van der Waals surface area contributed by atoms with Crippen molar-refractivity contribution in [2.24, 2.45) is 0 Å². The van der Waals surface area contributed by atoms with Gasteiger partial charge >= 0.3 is 0 Å². The Morgan fingerprint density at radius 2 is 0.887 bits per heavy atom. The van der Waals surface area contributed by atoms with Crippen LogP contribution in [0.2, 0.25) is 0 Å². The summed E-state index contributed by atoms with van der Waals surface area (Å²) in [6, 6.07) is 68.6. The minimum atomic E-state index is -0.484. The van der Waals surface area contributed by atoms with E-state index in [0.717, 1.165) is 11.4 Å². The second-order valence-corrected chi connectivity index (χ2v) is 18.4. The van der Waals surface area contributed by atoms with E-state index in [4.69, 9.17) is 0 Å². The van der Waals surface area contributed by atoms with E-state index in [-0.39, 0.29) is 10.8 Å². The van der Waals surface area contributed by atoms with Crippen molar-refractivity contribution >= 4 is 28.2 Å². The lowest BCUT2D eigenvalue weighted by atomic mass is 9.68. The van der Waals surface area contributed by atoms with Gasteiger partial charge in [-0.25, -0.2) is 0 Å². The van der Waals surface area contributed by atoms with E-state index >= 15 is 0 Å². The summed E-state index contributed by atoms with van der Waals surface area (Å²) in [5.41, 5.74) is 25.1. The molecule has 0 aromatic heterocycles. The first-order chi connectivity index (χ1) is 30.3. The molecular weight excluding hydrogens is 747 g/mol. The highest BCUT2D eigenvalue weighted by atomic mass is 15.1. The van der Waals surface area contributed by atoms with Crippen LogP contribution in [-0.4, -0.2) is 0 Å². The number of fused-ring (bicyclic) bond motifs is 13. The molecule has 0 bridgehead atoms. The third kappa shape index (κ3) is 4.74. The molecule has 12 rings (SSSR count). The lowest BCUT2D eigenvalue weighted by Gasteiger charge is -2.33. The molecule has 0 aliphatic heterocycles. The van der Waals surface area contributed by atoms with Crippen molar-refractivity contribution in [3.63, 3.8) is 0 Å². The summed E-state index contributed by atoms with van der Waals surface area (Å²) < 4.78 is 0. The number of hydrogen-bond acceptors (Lipinski definition) is 1. The average molecular weight is 794 g/mol. The topological polar surface area (TPSA) is 3.24 Å². The SMILES string of the molecule is C=C/C=C\C1=C(c2ccc(N(c3ccc4c(c3)C(C)(C)c3ccccc3-4)c3cccc4c3-c3ccccc3C4(C)C)cc2)C2(c3ccccc31)c1ccccc1-c1ccccc12. The van der Waals surface area contributed by atoms with Crippen molar-refractivity contribution in [2.75, 3.05) is 4.90 Å². The predicted octanol–water partition coefficient (Wildman–Crippen LogP) is 15.8. The first-order valence-corrected chi connectivity index (χ1v) is 22.0. The molecule has 0 radical (unpaired) electrons. The minimum Gasteiger partial charge on any atom is -0.310 e. The van der Waals surface area contributed by atoms with Gasteiger partial charge in [-0.1, -0.05) is 204 Å². The van der Waals surface area contributed by atoms with Gasteiger partial charge in [0.15, 0.2) is 0 Å². The number of nitrogens with zero attached hydrogens (tertiary/aromatic N) is 1. The van der Waals surface area contributed by atoms with Gasteiger partial charge in [0.2, 0.25) is 0 Å². The second kappa shape index (κ2) is 13.1. The van der Waals surface area contributed by atoms with Crippen LogP contribution in [0.25, 0.3) is 44.5 Å².